The van der Waals surface area contributed by atoms with Gasteiger partial charge in [0, 0.05) is 23.9 Å². The van der Waals surface area contributed by atoms with Gasteiger partial charge in [0.1, 0.15) is 5.82 Å². The smallest absolute Gasteiger partial charge is 0.416 e. The normalized spacial score (nSPS) is 11.6. The number of alkyl halides is 3. The van der Waals surface area contributed by atoms with Crippen LogP contribution in [0.15, 0.2) is 46.0 Å². The molecule has 0 aliphatic heterocycles. The van der Waals surface area contributed by atoms with Crippen molar-refractivity contribution >= 4 is 0 Å². The fraction of sp³-hybridized carbons (Fsp3) is 0.238. The summed E-state index contributed by atoms with van der Waals surface area (Å²) < 4.78 is 75.7. The fourth-order valence-corrected chi connectivity index (χ4v) is 3.37. The van der Waals surface area contributed by atoms with Crippen LogP contribution in [-0.4, -0.2) is 16.2 Å². The number of aromatic nitrogens is 2. The minimum atomic E-state index is -4.86. The number of rotatable bonds is 4. The highest BCUT2D eigenvalue weighted by atomic mass is 19.4. The van der Waals surface area contributed by atoms with Crippen molar-refractivity contribution in [3.63, 3.8) is 0 Å². The van der Waals surface area contributed by atoms with Crippen molar-refractivity contribution < 1.29 is 26.7 Å². The van der Waals surface area contributed by atoms with Gasteiger partial charge in [0.15, 0.2) is 11.6 Å². The van der Waals surface area contributed by atoms with Crippen molar-refractivity contribution in [1.82, 2.24) is 9.13 Å². The first-order valence-electron chi connectivity index (χ1n) is 8.96. The standard InChI is InChI=1S/C21H17F5N2O3/c1-11-17(12-6-4-9-16(31-3)18(12)23)19(29)27(2)20(30)28(11)10-13-14(21(24,25)26)7-5-8-15(13)22/h4-9H,10H2,1-3H3. The van der Waals surface area contributed by atoms with Crippen LogP contribution in [0.2, 0.25) is 0 Å². The van der Waals surface area contributed by atoms with Gasteiger partial charge in [-0.25, -0.2) is 13.6 Å². The average Bonchev–Trinajstić information content (AvgIpc) is 2.71. The fourth-order valence-electron chi connectivity index (χ4n) is 3.37. The van der Waals surface area contributed by atoms with Gasteiger partial charge in [-0.2, -0.15) is 13.2 Å². The predicted molar refractivity (Wildman–Crippen MR) is 103 cm³/mol. The quantitative estimate of drug-likeness (QED) is 0.579. The molecule has 1 aromatic heterocycles. The number of hydrogen-bond acceptors (Lipinski definition) is 3. The van der Waals surface area contributed by atoms with Crippen molar-refractivity contribution in [1.29, 1.82) is 0 Å². The molecule has 0 atom stereocenters. The molecule has 1 heterocycles. The maximum absolute atomic E-state index is 14.8. The molecule has 0 aliphatic carbocycles. The lowest BCUT2D eigenvalue weighted by Gasteiger charge is -2.19. The first-order chi connectivity index (χ1) is 14.5. The van der Waals surface area contributed by atoms with Crippen molar-refractivity contribution in [2.45, 2.75) is 19.6 Å². The molecule has 164 valence electrons. The number of ether oxygens (including phenoxy) is 1. The summed E-state index contributed by atoms with van der Waals surface area (Å²) in [6.45, 7) is 0.476. The van der Waals surface area contributed by atoms with Gasteiger partial charge in [-0.05, 0) is 25.1 Å². The molecule has 0 fully saturated rings. The summed E-state index contributed by atoms with van der Waals surface area (Å²) in [5.74, 6) is -2.20. The van der Waals surface area contributed by atoms with Crippen molar-refractivity contribution in [3.8, 4) is 16.9 Å². The van der Waals surface area contributed by atoms with Crippen LogP contribution in [0, 0.1) is 18.6 Å². The SMILES string of the molecule is COc1cccc(-c2c(C)n(Cc3c(F)cccc3C(F)(F)F)c(=O)n(C)c2=O)c1F. The molecule has 0 aliphatic rings. The Bertz CT molecular complexity index is 1280. The zero-order valence-corrected chi connectivity index (χ0v) is 16.7. The van der Waals surface area contributed by atoms with Crippen LogP contribution in [-0.2, 0) is 19.8 Å². The minimum absolute atomic E-state index is 0.114. The highest BCUT2D eigenvalue weighted by molar-refractivity contribution is 5.67. The summed E-state index contributed by atoms with van der Waals surface area (Å²) in [4.78, 5) is 25.4. The summed E-state index contributed by atoms with van der Waals surface area (Å²) in [5.41, 5.74) is -4.39. The van der Waals surface area contributed by atoms with E-state index in [1.807, 2.05) is 0 Å². The van der Waals surface area contributed by atoms with Crippen molar-refractivity contribution in [2.75, 3.05) is 7.11 Å². The average molecular weight is 440 g/mol. The van der Waals surface area contributed by atoms with Gasteiger partial charge in [-0.15, -0.1) is 0 Å². The van der Waals surface area contributed by atoms with Crippen molar-refractivity contribution in [3.05, 3.63) is 85.7 Å². The number of nitrogens with zero attached hydrogens (tertiary/aromatic N) is 2. The summed E-state index contributed by atoms with van der Waals surface area (Å²) in [7, 11) is 2.33. The van der Waals surface area contributed by atoms with Gasteiger partial charge in [0.25, 0.3) is 5.56 Å². The van der Waals surface area contributed by atoms with Crippen molar-refractivity contribution in [2.24, 2.45) is 7.05 Å². The molecular formula is C21H17F5N2O3. The Labute approximate surface area is 172 Å². The van der Waals surface area contributed by atoms with Crippen LogP contribution < -0.4 is 16.0 Å². The zero-order chi connectivity index (χ0) is 23.1. The summed E-state index contributed by atoms with van der Waals surface area (Å²) in [6, 6.07) is 6.47. The molecule has 0 unspecified atom stereocenters. The van der Waals surface area contributed by atoms with E-state index in [-0.39, 0.29) is 22.6 Å². The van der Waals surface area contributed by atoms with Gasteiger partial charge in [-0.1, -0.05) is 18.2 Å². The van der Waals surface area contributed by atoms with Crippen LogP contribution in [0.5, 0.6) is 5.75 Å². The second kappa shape index (κ2) is 8.01. The lowest BCUT2D eigenvalue weighted by Crippen LogP contribution is -2.41. The second-order valence-electron chi connectivity index (χ2n) is 6.78. The molecule has 3 rings (SSSR count). The minimum Gasteiger partial charge on any atom is -0.494 e. The Morgan fingerprint density at radius 2 is 1.68 bits per heavy atom. The van der Waals surface area contributed by atoms with E-state index in [4.69, 9.17) is 4.74 Å². The Morgan fingerprint density at radius 3 is 2.29 bits per heavy atom. The molecule has 2 aromatic carbocycles. The molecule has 0 bridgehead atoms. The summed E-state index contributed by atoms with van der Waals surface area (Å²) in [5, 5.41) is 0. The highest BCUT2D eigenvalue weighted by Gasteiger charge is 2.35. The van der Waals surface area contributed by atoms with E-state index >= 15 is 0 Å². The summed E-state index contributed by atoms with van der Waals surface area (Å²) in [6.07, 6.45) is -4.86. The third kappa shape index (κ3) is 3.85. The maximum Gasteiger partial charge on any atom is 0.416 e. The van der Waals surface area contributed by atoms with E-state index in [1.165, 1.54) is 32.2 Å². The topological polar surface area (TPSA) is 53.2 Å². The lowest BCUT2D eigenvalue weighted by molar-refractivity contribution is -0.138. The molecule has 0 saturated heterocycles. The van der Waals surface area contributed by atoms with Crippen LogP contribution >= 0.6 is 0 Å². The van der Waals surface area contributed by atoms with E-state index in [2.05, 4.69) is 0 Å². The van der Waals surface area contributed by atoms with Crippen LogP contribution in [0.4, 0.5) is 22.0 Å². The monoisotopic (exact) mass is 440 g/mol. The molecule has 3 aromatic rings. The number of halogens is 5. The van der Waals surface area contributed by atoms with E-state index in [1.54, 1.807) is 0 Å². The van der Waals surface area contributed by atoms with Crippen LogP contribution in [0.1, 0.15) is 16.8 Å². The summed E-state index contributed by atoms with van der Waals surface area (Å²) >= 11 is 0. The van der Waals surface area contributed by atoms with Crippen LogP contribution in [0.3, 0.4) is 0 Å². The van der Waals surface area contributed by atoms with Gasteiger partial charge in [0.05, 0.1) is 24.8 Å². The Morgan fingerprint density at radius 1 is 1.03 bits per heavy atom. The molecule has 10 heteroatoms. The van der Waals surface area contributed by atoms with E-state index < -0.39 is 46.7 Å². The Balaban J connectivity index is 2.32. The number of methoxy groups -OCH3 is 1. The van der Waals surface area contributed by atoms with Gasteiger partial charge >= 0.3 is 11.9 Å². The molecule has 0 N–H and O–H groups in total. The van der Waals surface area contributed by atoms with Gasteiger partial charge in [0.2, 0.25) is 0 Å². The first kappa shape index (κ1) is 22.3. The Hall–Kier alpha value is -3.43. The van der Waals surface area contributed by atoms with Gasteiger partial charge in [-0.3, -0.25) is 13.9 Å². The lowest BCUT2D eigenvalue weighted by atomic mass is 10.0. The molecule has 5 nitrogen and oxygen atoms in total. The molecule has 0 saturated carbocycles. The van der Waals surface area contributed by atoms with Gasteiger partial charge < -0.3 is 4.74 Å². The second-order valence-corrected chi connectivity index (χ2v) is 6.78. The number of benzene rings is 2. The molecule has 31 heavy (non-hydrogen) atoms. The third-order valence-electron chi connectivity index (χ3n) is 5.00. The van der Waals surface area contributed by atoms with E-state index in [9.17, 15) is 31.5 Å². The maximum atomic E-state index is 14.8. The van der Waals surface area contributed by atoms with E-state index in [0.717, 1.165) is 23.7 Å². The van der Waals surface area contributed by atoms with Crippen LogP contribution in [0.25, 0.3) is 11.1 Å². The Kier molecular flexibility index (Phi) is 5.75. The molecule has 0 radical (unpaired) electrons. The number of hydrogen-bond donors (Lipinski definition) is 0. The predicted octanol–water partition coefficient (Wildman–Crippen LogP) is 3.88. The largest absolute Gasteiger partial charge is 0.494 e. The molecular weight excluding hydrogens is 423 g/mol. The third-order valence-corrected chi connectivity index (χ3v) is 5.00. The van der Waals surface area contributed by atoms with E-state index in [0.29, 0.717) is 10.6 Å². The molecule has 0 amide bonds. The molecule has 0 spiro atoms. The highest BCUT2D eigenvalue weighted by Crippen LogP contribution is 2.34. The first-order valence-corrected chi connectivity index (χ1v) is 8.96. The zero-order valence-electron chi connectivity index (χ0n) is 16.7.